The van der Waals surface area contributed by atoms with E-state index in [9.17, 15) is 26.4 Å². The Morgan fingerprint density at radius 1 is 1.24 bits per heavy atom. The third-order valence-electron chi connectivity index (χ3n) is 5.63. The number of aryl methyl sites for hydroxylation is 1. The van der Waals surface area contributed by atoms with Crippen molar-refractivity contribution >= 4 is 60.0 Å². The predicted octanol–water partition coefficient (Wildman–Crippen LogP) is 3.46. The van der Waals surface area contributed by atoms with Crippen LogP contribution in [0.25, 0.3) is 10.2 Å². The van der Waals surface area contributed by atoms with Crippen molar-refractivity contribution in [3.63, 3.8) is 0 Å². The average molecular weight is 580 g/mol. The fraction of sp³-hybridized carbons (Fsp3) is 0.500. The summed E-state index contributed by atoms with van der Waals surface area (Å²) >= 11 is 1.80. The van der Waals surface area contributed by atoms with E-state index in [0.717, 1.165) is 34.4 Å². The van der Waals surface area contributed by atoms with Crippen LogP contribution in [-0.2, 0) is 20.9 Å². The highest BCUT2D eigenvalue weighted by Gasteiger charge is 2.35. The first-order chi connectivity index (χ1) is 17.4. The van der Waals surface area contributed by atoms with E-state index in [1.165, 1.54) is 11.4 Å². The zero-order chi connectivity index (χ0) is 27.0. The summed E-state index contributed by atoms with van der Waals surface area (Å²) < 4.78 is 72.3. The van der Waals surface area contributed by atoms with Gasteiger partial charge >= 0.3 is 12.3 Å². The molecule has 3 aromatic rings. The van der Waals surface area contributed by atoms with E-state index in [4.69, 9.17) is 0 Å². The Labute approximate surface area is 218 Å². The molecule has 3 aromatic heterocycles. The average Bonchev–Trinajstić information content (AvgIpc) is 3.43. The fourth-order valence-corrected chi connectivity index (χ4v) is 7.84. The number of fused-ring (bicyclic) bond motifs is 1. The number of nitrogens with zero attached hydrogens (tertiary/aromatic N) is 5. The van der Waals surface area contributed by atoms with Crippen molar-refractivity contribution in [3.05, 3.63) is 23.0 Å². The highest BCUT2D eigenvalue weighted by molar-refractivity contribution is 7.91. The number of thiazole rings is 1. The van der Waals surface area contributed by atoms with Crippen LogP contribution < -0.4 is 10.6 Å². The number of methoxy groups -OCH3 is 1. The van der Waals surface area contributed by atoms with Crippen LogP contribution >= 0.6 is 22.7 Å². The molecular formula is C20H24F3N7O4S3. The fourth-order valence-electron chi connectivity index (χ4n) is 3.90. The number of alkyl halides is 3. The normalized spacial score (nSPS) is 16.6. The molecule has 37 heavy (non-hydrogen) atoms. The quantitative estimate of drug-likeness (QED) is 0.432. The lowest BCUT2D eigenvalue weighted by Gasteiger charge is -2.35. The molecule has 1 saturated heterocycles. The van der Waals surface area contributed by atoms with Gasteiger partial charge in [-0.2, -0.15) is 17.5 Å². The smallest absolute Gasteiger partial charge is 0.419 e. The van der Waals surface area contributed by atoms with Crippen molar-refractivity contribution in [1.82, 2.24) is 24.2 Å². The number of hydrogen-bond donors (Lipinski definition) is 2. The number of thiophene rings is 1. The number of nitrogens with one attached hydrogen (secondary N) is 2. The first-order valence-electron chi connectivity index (χ1n) is 11.0. The topological polar surface area (TPSA) is 130 Å². The molecule has 0 saturated carbocycles. The van der Waals surface area contributed by atoms with Crippen LogP contribution in [0.1, 0.15) is 18.2 Å². The number of amides is 1. The standard InChI is InChI=1S/C20H24F3N7O4S3/c1-11(26-16-15-14(24-10-25-16)13(9-35-15)20(21,22)23)8-29-4-6-30(7-5-29)37(32,33)17-12(2)27-18(36-17)28-19(31)34-3/h9-11H,4-8H2,1-3H3,(H,24,25,26)(H,27,28,31). The second-order valence-corrected chi connectivity index (χ2v) is 12.3. The second-order valence-electron chi connectivity index (χ2n) is 8.31. The molecule has 1 aliphatic heterocycles. The van der Waals surface area contributed by atoms with E-state index < -0.39 is 27.9 Å². The van der Waals surface area contributed by atoms with Gasteiger partial charge in [-0.25, -0.2) is 28.2 Å². The molecule has 11 nitrogen and oxygen atoms in total. The molecule has 2 N–H and O–H groups in total. The van der Waals surface area contributed by atoms with Crippen LogP contribution in [0.5, 0.6) is 0 Å². The van der Waals surface area contributed by atoms with Gasteiger partial charge in [0, 0.05) is 44.1 Å². The van der Waals surface area contributed by atoms with Crippen molar-refractivity contribution < 1.29 is 31.1 Å². The Kier molecular flexibility index (Phi) is 7.89. The second kappa shape index (κ2) is 10.6. The van der Waals surface area contributed by atoms with Crippen molar-refractivity contribution in [2.45, 2.75) is 30.3 Å². The van der Waals surface area contributed by atoms with E-state index in [-0.39, 0.29) is 39.7 Å². The molecule has 17 heteroatoms. The number of ether oxygens (including phenoxy) is 1. The van der Waals surface area contributed by atoms with Gasteiger partial charge in [0.2, 0.25) is 0 Å². The molecule has 0 spiro atoms. The van der Waals surface area contributed by atoms with Gasteiger partial charge in [-0.3, -0.25) is 10.2 Å². The monoisotopic (exact) mass is 579 g/mol. The summed E-state index contributed by atoms with van der Waals surface area (Å²) in [7, 11) is -2.60. The lowest BCUT2D eigenvalue weighted by atomic mass is 10.2. The van der Waals surface area contributed by atoms with Crippen LogP contribution in [0.2, 0.25) is 0 Å². The highest BCUT2D eigenvalue weighted by Crippen LogP contribution is 2.39. The summed E-state index contributed by atoms with van der Waals surface area (Å²) in [5.74, 6) is 0.330. The van der Waals surface area contributed by atoms with Crippen LogP contribution in [-0.4, -0.2) is 84.5 Å². The SMILES string of the molecule is COC(=O)Nc1nc(C)c(S(=O)(=O)N2CCN(CC(C)Nc3ncnc4c(C(F)(F)F)csc34)CC2)s1. The van der Waals surface area contributed by atoms with E-state index in [1.807, 2.05) is 6.92 Å². The molecule has 0 bridgehead atoms. The minimum Gasteiger partial charge on any atom is -0.453 e. The molecule has 4 heterocycles. The maximum absolute atomic E-state index is 13.2. The van der Waals surface area contributed by atoms with Crippen LogP contribution in [0.3, 0.4) is 0 Å². The summed E-state index contributed by atoms with van der Waals surface area (Å²) in [6.07, 6.45) is -4.13. The summed E-state index contributed by atoms with van der Waals surface area (Å²) in [5, 5.41) is 6.71. The molecule has 1 atom stereocenters. The van der Waals surface area contributed by atoms with Gasteiger partial charge in [-0.05, 0) is 13.8 Å². The number of halogens is 3. The Hall–Kier alpha value is -2.60. The van der Waals surface area contributed by atoms with E-state index in [0.29, 0.717) is 30.2 Å². The van der Waals surface area contributed by atoms with Gasteiger partial charge < -0.3 is 10.1 Å². The molecule has 1 fully saturated rings. The number of piperazine rings is 1. The summed E-state index contributed by atoms with van der Waals surface area (Å²) in [5.41, 5.74) is -0.633. The van der Waals surface area contributed by atoms with Crippen molar-refractivity contribution in [3.8, 4) is 0 Å². The third-order valence-corrected chi connectivity index (χ3v) is 10.2. The van der Waals surface area contributed by atoms with E-state index >= 15 is 0 Å². The third kappa shape index (κ3) is 5.95. The predicted molar refractivity (Wildman–Crippen MR) is 134 cm³/mol. The van der Waals surface area contributed by atoms with Crippen molar-refractivity contribution in [1.29, 1.82) is 0 Å². The Bertz CT molecular complexity index is 1390. The summed E-state index contributed by atoms with van der Waals surface area (Å²) in [6.45, 7) is 5.41. The number of aromatic nitrogens is 3. The molecule has 1 amide bonds. The zero-order valence-corrected chi connectivity index (χ0v) is 22.4. The minimum atomic E-state index is -4.49. The first-order valence-corrected chi connectivity index (χ1v) is 14.1. The van der Waals surface area contributed by atoms with Crippen molar-refractivity contribution in [2.75, 3.05) is 50.5 Å². The number of hydrogen-bond acceptors (Lipinski definition) is 11. The Morgan fingerprint density at radius 2 is 1.95 bits per heavy atom. The number of anilines is 2. The molecule has 1 aliphatic rings. The number of rotatable bonds is 7. The largest absolute Gasteiger partial charge is 0.453 e. The van der Waals surface area contributed by atoms with Crippen LogP contribution in [0.15, 0.2) is 15.9 Å². The van der Waals surface area contributed by atoms with E-state index in [2.05, 4.69) is 35.2 Å². The Balaban J connectivity index is 1.36. The molecular weight excluding hydrogens is 555 g/mol. The van der Waals surface area contributed by atoms with Crippen molar-refractivity contribution in [2.24, 2.45) is 0 Å². The van der Waals surface area contributed by atoms with Gasteiger partial charge in [-0.1, -0.05) is 11.3 Å². The summed E-state index contributed by atoms with van der Waals surface area (Å²) in [4.78, 5) is 25.5. The van der Waals surface area contributed by atoms with Gasteiger partial charge in [0.05, 0.1) is 28.6 Å². The molecule has 0 aromatic carbocycles. The van der Waals surface area contributed by atoms with E-state index in [1.54, 1.807) is 6.92 Å². The summed E-state index contributed by atoms with van der Waals surface area (Å²) in [6, 6.07) is -0.173. The maximum atomic E-state index is 13.2. The molecule has 202 valence electrons. The van der Waals surface area contributed by atoms with Gasteiger partial charge in [0.25, 0.3) is 10.0 Å². The first kappa shape index (κ1) is 27.4. The van der Waals surface area contributed by atoms with Crippen LogP contribution in [0.4, 0.5) is 28.9 Å². The number of carbonyl (C=O) groups excluding carboxylic acids is 1. The van der Waals surface area contributed by atoms with Gasteiger partial charge in [-0.15, -0.1) is 11.3 Å². The molecule has 1 unspecified atom stereocenters. The lowest BCUT2D eigenvalue weighted by Crippen LogP contribution is -2.50. The minimum absolute atomic E-state index is 0.0596. The molecule has 4 rings (SSSR count). The van der Waals surface area contributed by atoms with Gasteiger partial charge in [0.1, 0.15) is 12.1 Å². The number of sulfonamides is 1. The van der Waals surface area contributed by atoms with Gasteiger partial charge in [0.15, 0.2) is 9.34 Å². The lowest BCUT2D eigenvalue weighted by molar-refractivity contribution is -0.136. The molecule has 0 aliphatic carbocycles. The highest BCUT2D eigenvalue weighted by atomic mass is 32.2. The maximum Gasteiger partial charge on any atom is 0.419 e. The van der Waals surface area contributed by atoms with Crippen LogP contribution in [0, 0.1) is 6.92 Å². The zero-order valence-electron chi connectivity index (χ0n) is 20.0. The molecule has 0 radical (unpaired) electrons. The Morgan fingerprint density at radius 3 is 2.59 bits per heavy atom. The number of carbonyl (C=O) groups is 1.